The van der Waals surface area contributed by atoms with E-state index in [4.69, 9.17) is 16.3 Å². The van der Waals surface area contributed by atoms with Gasteiger partial charge in [-0.3, -0.25) is 4.79 Å². The molecule has 78 valence electrons. The normalized spacial score (nSPS) is 17.3. The van der Waals surface area contributed by atoms with Gasteiger partial charge in [0.25, 0.3) is 0 Å². The number of hydrogen-bond acceptors (Lipinski definition) is 3. The summed E-state index contributed by atoms with van der Waals surface area (Å²) in [6.45, 7) is 1.36. The number of ether oxygens (including phenoxy) is 1. The zero-order valence-corrected chi connectivity index (χ0v) is 8.75. The van der Waals surface area contributed by atoms with E-state index in [1.807, 2.05) is 0 Å². The third-order valence-electron chi connectivity index (χ3n) is 2.05. The highest BCUT2D eigenvalue weighted by Crippen LogP contribution is 2.11. The largest absolute Gasteiger partial charge is 0.477 e. The van der Waals surface area contributed by atoms with Gasteiger partial charge in [-0.15, -0.1) is 0 Å². The molecule has 15 heavy (non-hydrogen) atoms. The summed E-state index contributed by atoms with van der Waals surface area (Å²) < 4.78 is 5.17. The predicted molar refractivity (Wildman–Crippen MR) is 57.8 cm³/mol. The second kappa shape index (κ2) is 4.36. The van der Waals surface area contributed by atoms with Crippen molar-refractivity contribution in [2.24, 2.45) is 0 Å². The Labute approximate surface area is 92.7 Å². The molecule has 1 heterocycles. The summed E-state index contributed by atoms with van der Waals surface area (Å²) in [5.41, 5.74) is 0.601. The first-order chi connectivity index (χ1) is 7.25. The number of carbonyl (C=O) groups is 1. The summed E-state index contributed by atoms with van der Waals surface area (Å²) in [6.07, 6.45) is 1.45. The monoisotopic (exact) mass is 223 g/mol. The van der Waals surface area contributed by atoms with Gasteiger partial charge in [-0.05, 0) is 24.3 Å². The molecule has 3 nitrogen and oxygen atoms in total. The molecular weight excluding hydrogens is 214 g/mol. The lowest BCUT2D eigenvalue weighted by molar-refractivity contribution is 0.104. The van der Waals surface area contributed by atoms with Crippen LogP contribution in [0, 0.1) is 0 Å². The number of ketones is 1. The molecule has 0 amide bonds. The molecule has 1 aliphatic heterocycles. The Morgan fingerprint density at radius 2 is 2.13 bits per heavy atom. The van der Waals surface area contributed by atoms with Gasteiger partial charge in [0, 0.05) is 16.7 Å². The van der Waals surface area contributed by atoms with Crippen molar-refractivity contribution in [2.75, 3.05) is 13.2 Å². The van der Waals surface area contributed by atoms with Crippen molar-refractivity contribution < 1.29 is 9.53 Å². The highest BCUT2D eigenvalue weighted by atomic mass is 35.5. The lowest BCUT2D eigenvalue weighted by Gasteiger charge is -1.99. The lowest BCUT2D eigenvalue weighted by atomic mass is 10.1. The Balaban J connectivity index is 2.14. The minimum Gasteiger partial charge on any atom is -0.477 e. The van der Waals surface area contributed by atoms with Crippen LogP contribution in [0.25, 0.3) is 0 Å². The zero-order chi connectivity index (χ0) is 10.7. The molecule has 0 bridgehead atoms. The molecular formula is C11H10ClNO2. The molecule has 1 N–H and O–H groups in total. The maximum Gasteiger partial charge on any atom is 0.191 e. The standard InChI is InChI=1S/C11H10ClNO2/c12-9-3-1-8(2-4-9)10(14)7-11-13-5-6-15-11/h1-4,7,13H,5-6H2/b11-7-. The van der Waals surface area contributed by atoms with Crippen molar-refractivity contribution >= 4 is 17.4 Å². The quantitative estimate of drug-likeness (QED) is 0.616. The van der Waals surface area contributed by atoms with Crippen molar-refractivity contribution in [1.29, 1.82) is 0 Å². The molecule has 1 fully saturated rings. The van der Waals surface area contributed by atoms with E-state index in [1.54, 1.807) is 24.3 Å². The first-order valence-electron chi connectivity index (χ1n) is 4.64. The fraction of sp³-hybridized carbons (Fsp3) is 0.182. The second-order valence-electron chi connectivity index (χ2n) is 3.15. The number of rotatable bonds is 2. The summed E-state index contributed by atoms with van der Waals surface area (Å²) in [7, 11) is 0. The first-order valence-corrected chi connectivity index (χ1v) is 5.02. The fourth-order valence-corrected chi connectivity index (χ4v) is 1.42. The van der Waals surface area contributed by atoms with Crippen molar-refractivity contribution in [2.45, 2.75) is 0 Å². The van der Waals surface area contributed by atoms with Crippen molar-refractivity contribution in [1.82, 2.24) is 5.32 Å². The van der Waals surface area contributed by atoms with Gasteiger partial charge in [-0.1, -0.05) is 11.6 Å². The van der Waals surface area contributed by atoms with Crippen LogP contribution in [0.5, 0.6) is 0 Å². The van der Waals surface area contributed by atoms with Gasteiger partial charge in [0.2, 0.25) is 0 Å². The van der Waals surface area contributed by atoms with Gasteiger partial charge in [0.1, 0.15) is 6.61 Å². The van der Waals surface area contributed by atoms with E-state index in [0.29, 0.717) is 23.1 Å². The minimum atomic E-state index is -0.0870. The number of nitrogens with one attached hydrogen (secondary N) is 1. The van der Waals surface area contributed by atoms with Crippen LogP contribution in [0.1, 0.15) is 10.4 Å². The SMILES string of the molecule is O=C(/C=C1/NCCO1)c1ccc(Cl)cc1. The van der Waals surface area contributed by atoms with Gasteiger partial charge in [-0.2, -0.15) is 0 Å². The molecule has 0 atom stereocenters. The van der Waals surface area contributed by atoms with Crippen LogP contribution >= 0.6 is 11.6 Å². The van der Waals surface area contributed by atoms with Gasteiger partial charge >= 0.3 is 0 Å². The average Bonchev–Trinajstić information content (AvgIpc) is 2.71. The molecule has 2 rings (SSSR count). The maximum atomic E-state index is 11.7. The van der Waals surface area contributed by atoms with Crippen molar-refractivity contribution in [3.8, 4) is 0 Å². The van der Waals surface area contributed by atoms with Crippen LogP contribution in [0.4, 0.5) is 0 Å². The molecule has 0 radical (unpaired) electrons. The van der Waals surface area contributed by atoms with Crippen molar-refractivity contribution in [3.63, 3.8) is 0 Å². The van der Waals surface area contributed by atoms with Crippen LogP contribution in [-0.2, 0) is 4.74 Å². The molecule has 1 aromatic rings. The topological polar surface area (TPSA) is 38.3 Å². The Kier molecular flexibility index (Phi) is 2.92. The Bertz CT molecular complexity index is 390. The number of carbonyl (C=O) groups excluding carboxylic acids is 1. The maximum absolute atomic E-state index is 11.7. The van der Waals surface area contributed by atoms with Crippen molar-refractivity contribution in [3.05, 3.63) is 46.8 Å². The highest BCUT2D eigenvalue weighted by Gasteiger charge is 2.09. The van der Waals surface area contributed by atoms with Crippen LogP contribution in [0.3, 0.4) is 0 Å². The number of hydrogen-bond donors (Lipinski definition) is 1. The number of halogens is 1. The smallest absolute Gasteiger partial charge is 0.191 e. The summed E-state index contributed by atoms with van der Waals surface area (Å²) >= 11 is 5.72. The first kappa shape index (κ1) is 10.1. The Morgan fingerprint density at radius 3 is 2.73 bits per heavy atom. The number of allylic oxidation sites excluding steroid dienone is 1. The number of benzene rings is 1. The fourth-order valence-electron chi connectivity index (χ4n) is 1.30. The third-order valence-corrected chi connectivity index (χ3v) is 2.30. The zero-order valence-electron chi connectivity index (χ0n) is 8.00. The van der Waals surface area contributed by atoms with Gasteiger partial charge in [-0.25, -0.2) is 0 Å². The molecule has 1 aliphatic rings. The molecule has 0 spiro atoms. The molecule has 1 aromatic carbocycles. The molecule has 0 aromatic heterocycles. The van der Waals surface area contributed by atoms with Crippen LogP contribution < -0.4 is 5.32 Å². The van der Waals surface area contributed by atoms with Crippen LogP contribution in [0.15, 0.2) is 36.2 Å². The van der Waals surface area contributed by atoms with E-state index in [9.17, 15) is 4.79 Å². The highest BCUT2D eigenvalue weighted by molar-refractivity contribution is 6.30. The van der Waals surface area contributed by atoms with E-state index in [-0.39, 0.29) is 5.78 Å². The molecule has 1 saturated heterocycles. The minimum absolute atomic E-state index is 0.0870. The summed E-state index contributed by atoms with van der Waals surface area (Å²) in [4.78, 5) is 11.7. The van der Waals surface area contributed by atoms with E-state index < -0.39 is 0 Å². The molecule has 4 heteroatoms. The van der Waals surface area contributed by atoms with E-state index in [2.05, 4.69) is 5.32 Å². The lowest BCUT2D eigenvalue weighted by Crippen LogP contribution is -2.07. The van der Waals surface area contributed by atoms with Gasteiger partial charge < -0.3 is 10.1 Å². The van der Waals surface area contributed by atoms with Gasteiger partial charge in [0.15, 0.2) is 11.7 Å². The summed E-state index contributed by atoms with van der Waals surface area (Å²) in [6, 6.07) is 6.76. The van der Waals surface area contributed by atoms with Crippen LogP contribution in [-0.4, -0.2) is 18.9 Å². The average molecular weight is 224 g/mol. The predicted octanol–water partition coefficient (Wildman–Crippen LogP) is 1.98. The molecule has 0 saturated carbocycles. The van der Waals surface area contributed by atoms with E-state index in [1.165, 1.54) is 6.08 Å². The second-order valence-corrected chi connectivity index (χ2v) is 3.59. The summed E-state index contributed by atoms with van der Waals surface area (Å²) in [5, 5.41) is 3.58. The summed E-state index contributed by atoms with van der Waals surface area (Å²) in [5.74, 6) is 0.450. The van der Waals surface area contributed by atoms with E-state index in [0.717, 1.165) is 6.54 Å². The Morgan fingerprint density at radius 1 is 1.40 bits per heavy atom. The molecule has 0 unspecified atom stereocenters. The molecule has 0 aliphatic carbocycles. The van der Waals surface area contributed by atoms with Crippen LogP contribution in [0.2, 0.25) is 5.02 Å². The van der Waals surface area contributed by atoms with E-state index >= 15 is 0 Å². The van der Waals surface area contributed by atoms with Gasteiger partial charge in [0.05, 0.1) is 6.54 Å². The Hall–Kier alpha value is -1.48. The third kappa shape index (κ3) is 2.50.